The quantitative estimate of drug-likeness (QED) is 0.528. The van der Waals surface area contributed by atoms with Crippen LogP contribution in [0.3, 0.4) is 0 Å². The highest BCUT2D eigenvalue weighted by molar-refractivity contribution is 7.26. The minimum atomic E-state index is 0.556. The summed E-state index contributed by atoms with van der Waals surface area (Å²) in [5, 5.41) is 14.9. The first-order chi connectivity index (χ1) is 11.3. The molecule has 3 aromatic heterocycles. The number of rotatable bonds is 3. The Hall–Kier alpha value is -2.68. The van der Waals surface area contributed by atoms with Gasteiger partial charge >= 0.3 is 0 Å². The van der Waals surface area contributed by atoms with Crippen LogP contribution < -0.4 is 5.32 Å². The molecule has 0 spiro atoms. The third-order valence-electron chi connectivity index (χ3n) is 3.47. The maximum Gasteiger partial charge on any atom is 0.103 e. The summed E-state index contributed by atoms with van der Waals surface area (Å²) in [6.45, 7) is 0. The van der Waals surface area contributed by atoms with Gasteiger partial charge in [0.05, 0.1) is 21.5 Å². The molecule has 0 bridgehead atoms. The van der Waals surface area contributed by atoms with Gasteiger partial charge in [-0.05, 0) is 29.6 Å². The van der Waals surface area contributed by atoms with E-state index in [1.807, 2.05) is 36.4 Å². The van der Waals surface area contributed by atoms with Crippen LogP contribution in [-0.4, -0.2) is 4.98 Å². The second-order valence-electron chi connectivity index (χ2n) is 4.95. The normalized spacial score (nSPS) is 10.6. The molecule has 23 heavy (non-hydrogen) atoms. The van der Waals surface area contributed by atoms with Crippen molar-refractivity contribution < 1.29 is 0 Å². The summed E-state index contributed by atoms with van der Waals surface area (Å²) in [5.41, 5.74) is 3.26. The minimum absolute atomic E-state index is 0.556. The molecule has 0 aliphatic carbocycles. The van der Waals surface area contributed by atoms with Gasteiger partial charge in [-0.3, -0.25) is 4.98 Å². The lowest BCUT2D eigenvalue weighted by atomic mass is 10.2. The molecule has 1 aromatic carbocycles. The SMILES string of the molecule is N#Cc1cnc2cc(-c3cccs3)sc2c1Nc1ccccc1. The zero-order valence-electron chi connectivity index (χ0n) is 12.0. The number of nitrogens with one attached hydrogen (secondary N) is 1. The Kier molecular flexibility index (Phi) is 3.54. The van der Waals surface area contributed by atoms with Crippen molar-refractivity contribution in [3.05, 3.63) is 65.7 Å². The molecule has 0 saturated carbocycles. The van der Waals surface area contributed by atoms with Gasteiger partial charge in [0, 0.05) is 21.6 Å². The summed E-state index contributed by atoms with van der Waals surface area (Å²) < 4.78 is 1.01. The van der Waals surface area contributed by atoms with E-state index in [0.29, 0.717) is 5.56 Å². The summed E-state index contributed by atoms with van der Waals surface area (Å²) in [4.78, 5) is 6.83. The number of nitriles is 1. The van der Waals surface area contributed by atoms with Crippen molar-refractivity contribution in [2.75, 3.05) is 5.32 Å². The molecular formula is C18H11N3S2. The number of nitrogens with zero attached hydrogens (tertiary/aromatic N) is 2. The van der Waals surface area contributed by atoms with E-state index in [2.05, 4.69) is 33.9 Å². The maximum absolute atomic E-state index is 9.42. The summed E-state index contributed by atoms with van der Waals surface area (Å²) in [6, 6.07) is 18.4. The maximum atomic E-state index is 9.42. The van der Waals surface area contributed by atoms with Crippen LogP contribution in [-0.2, 0) is 0 Å². The van der Waals surface area contributed by atoms with Crippen LogP contribution in [0.2, 0.25) is 0 Å². The van der Waals surface area contributed by atoms with Gasteiger partial charge in [-0.15, -0.1) is 22.7 Å². The fourth-order valence-electron chi connectivity index (χ4n) is 2.39. The predicted octanol–water partition coefficient (Wildman–Crippen LogP) is 5.64. The number of hydrogen-bond acceptors (Lipinski definition) is 5. The lowest BCUT2D eigenvalue weighted by molar-refractivity contribution is 1.37. The van der Waals surface area contributed by atoms with E-state index in [9.17, 15) is 5.26 Å². The topological polar surface area (TPSA) is 48.7 Å². The van der Waals surface area contributed by atoms with E-state index in [-0.39, 0.29) is 0 Å². The van der Waals surface area contributed by atoms with Gasteiger partial charge in [-0.2, -0.15) is 5.26 Å². The first kappa shape index (κ1) is 13.9. The molecule has 0 saturated heterocycles. The highest BCUT2D eigenvalue weighted by Gasteiger charge is 2.14. The number of anilines is 2. The first-order valence-corrected chi connectivity index (χ1v) is 8.73. The van der Waals surface area contributed by atoms with Crippen molar-refractivity contribution >= 4 is 44.3 Å². The number of para-hydroxylation sites is 1. The third kappa shape index (κ3) is 2.59. The van der Waals surface area contributed by atoms with Crippen molar-refractivity contribution in [2.24, 2.45) is 0 Å². The van der Waals surface area contributed by atoms with Gasteiger partial charge in [-0.25, -0.2) is 0 Å². The molecule has 0 aliphatic rings. The second kappa shape index (κ2) is 5.84. The van der Waals surface area contributed by atoms with Crippen LogP contribution in [0.5, 0.6) is 0 Å². The molecule has 0 fully saturated rings. The number of benzene rings is 1. The molecule has 0 amide bonds. The summed E-state index contributed by atoms with van der Waals surface area (Å²) >= 11 is 3.37. The zero-order chi connectivity index (χ0) is 15.6. The van der Waals surface area contributed by atoms with Crippen LogP contribution in [0, 0.1) is 11.3 Å². The average molecular weight is 333 g/mol. The Balaban J connectivity index is 1.88. The van der Waals surface area contributed by atoms with Gasteiger partial charge in [-0.1, -0.05) is 24.3 Å². The molecule has 1 N–H and O–H groups in total. The Morgan fingerprint density at radius 2 is 1.91 bits per heavy atom. The van der Waals surface area contributed by atoms with E-state index in [1.54, 1.807) is 28.9 Å². The lowest BCUT2D eigenvalue weighted by Crippen LogP contribution is -1.94. The molecule has 4 aromatic rings. The summed E-state index contributed by atoms with van der Waals surface area (Å²) in [5.74, 6) is 0. The van der Waals surface area contributed by atoms with Crippen molar-refractivity contribution in [3.8, 4) is 15.8 Å². The average Bonchev–Trinajstić information content (AvgIpc) is 3.25. The van der Waals surface area contributed by atoms with Crippen molar-refractivity contribution in [1.29, 1.82) is 5.26 Å². The summed E-state index contributed by atoms with van der Waals surface area (Å²) in [6.07, 6.45) is 1.64. The van der Waals surface area contributed by atoms with E-state index in [1.165, 1.54) is 9.75 Å². The van der Waals surface area contributed by atoms with Gasteiger partial charge in [0.2, 0.25) is 0 Å². The molecule has 110 valence electrons. The molecule has 5 heteroatoms. The summed E-state index contributed by atoms with van der Waals surface area (Å²) in [7, 11) is 0. The highest BCUT2D eigenvalue weighted by Crippen LogP contribution is 2.40. The largest absolute Gasteiger partial charge is 0.353 e. The van der Waals surface area contributed by atoms with Gasteiger partial charge < -0.3 is 5.32 Å². The zero-order valence-corrected chi connectivity index (χ0v) is 13.6. The van der Waals surface area contributed by atoms with Gasteiger partial charge in [0.1, 0.15) is 6.07 Å². The fourth-order valence-corrected chi connectivity index (χ4v) is 4.34. The lowest BCUT2D eigenvalue weighted by Gasteiger charge is -2.08. The fraction of sp³-hybridized carbons (Fsp3) is 0. The van der Waals surface area contributed by atoms with Crippen LogP contribution in [0.1, 0.15) is 5.56 Å². The third-order valence-corrected chi connectivity index (χ3v) is 5.68. The number of thiophene rings is 2. The Morgan fingerprint density at radius 3 is 2.65 bits per heavy atom. The number of fused-ring (bicyclic) bond motifs is 1. The Labute approximate surface area is 141 Å². The molecule has 0 radical (unpaired) electrons. The van der Waals surface area contributed by atoms with E-state index in [4.69, 9.17) is 0 Å². The molecule has 3 nitrogen and oxygen atoms in total. The minimum Gasteiger partial charge on any atom is -0.353 e. The molecule has 0 aliphatic heterocycles. The number of aromatic nitrogens is 1. The molecule has 0 unspecified atom stereocenters. The van der Waals surface area contributed by atoms with E-state index in [0.717, 1.165) is 21.6 Å². The molecule has 3 heterocycles. The van der Waals surface area contributed by atoms with E-state index < -0.39 is 0 Å². The van der Waals surface area contributed by atoms with Crippen LogP contribution in [0.4, 0.5) is 11.4 Å². The smallest absolute Gasteiger partial charge is 0.103 e. The van der Waals surface area contributed by atoms with E-state index >= 15 is 0 Å². The van der Waals surface area contributed by atoms with Crippen LogP contribution >= 0.6 is 22.7 Å². The van der Waals surface area contributed by atoms with Gasteiger partial charge in [0.15, 0.2) is 0 Å². The van der Waals surface area contributed by atoms with Crippen molar-refractivity contribution in [2.45, 2.75) is 0 Å². The van der Waals surface area contributed by atoms with Crippen LogP contribution in [0.25, 0.3) is 20.0 Å². The molecular weight excluding hydrogens is 322 g/mol. The van der Waals surface area contributed by atoms with Crippen molar-refractivity contribution in [3.63, 3.8) is 0 Å². The molecule has 4 rings (SSSR count). The Bertz CT molecular complexity index is 996. The Morgan fingerprint density at radius 1 is 1.04 bits per heavy atom. The monoisotopic (exact) mass is 333 g/mol. The van der Waals surface area contributed by atoms with Crippen molar-refractivity contribution in [1.82, 2.24) is 4.98 Å². The second-order valence-corrected chi connectivity index (χ2v) is 6.95. The number of hydrogen-bond donors (Lipinski definition) is 1. The first-order valence-electron chi connectivity index (χ1n) is 7.04. The predicted molar refractivity (Wildman–Crippen MR) is 97.4 cm³/mol. The molecule has 0 atom stereocenters. The number of pyridine rings is 1. The highest BCUT2D eigenvalue weighted by atomic mass is 32.1. The van der Waals surface area contributed by atoms with Gasteiger partial charge in [0.25, 0.3) is 0 Å². The van der Waals surface area contributed by atoms with Crippen LogP contribution in [0.15, 0.2) is 60.1 Å². The standard InChI is InChI=1S/C18H11N3S2/c19-10-12-11-20-14-9-16(15-7-4-8-22-15)23-18(14)17(12)21-13-5-2-1-3-6-13/h1-9,11H,(H,20,21).